The van der Waals surface area contributed by atoms with Gasteiger partial charge in [-0.25, -0.2) is 9.67 Å². The van der Waals surface area contributed by atoms with Gasteiger partial charge in [-0.15, -0.1) is 0 Å². The summed E-state index contributed by atoms with van der Waals surface area (Å²) < 4.78 is 6.17. The monoisotopic (exact) mass is 283 g/mol. The average Bonchev–Trinajstić information content (AvgIpc) is 2.92. The zero-order valence-corrected chi connectivity index (χ0v) is 11.1. The van der Waals surface area contributed by atoms with E-state index in [0.717, 1.165) is 5.69 Å². The van der Waals surface area contributed by atoms with Crippen molar-refractivity contribution in [2.75, 3.05) is 19.0 Å². The van der Waals surface area contributed by atoms with E-state index in [1.54, 1.807) is 19.6 Å². The molecule has 0 saturated carbocycles. The van der Waals surface area contributed by atoms with Crippen molar-refractivity contribution >= 4 is 17.3 Å². The number of aromatic amines is 1. The van der Waals surface area contributed by atoms with E-state index in [2.05, 4.69) is 20.4 Å². The number of hydrogen-bond acceptors (Lipinski definition) is 5. The van der Waals surface area contributed by atoms with Crippen molar-refractivity contribution in [3.63, 3.8) is 0 Å². The van der Waals surface area contributed by atoms with Crippen LogP contribution in [0.15, 0.2) is 23.5 Å². The molecule has 2 N–H and O–H groups in total. The van der Waals surface area contributed by atoms with Crippen molar-refractivity contribution < 1.29 is 4.74 Å². The molecule has 0 aromatic carbocycles. The fourth-order valence-electron chi connectivity index (χ4n) is 1.50. The first-order chi connectivity index (χ1) is 9.22. The summed E-state index contributed by atoms with van der Waals surface area (Å²) in [6.07, 6.45) is 4.80. The number of methoxy groups -OCH3 is 1. The van der Waals surface area contributed by atoms with E-state index in [0.29, 0.717) is 25.4 Å². The van der Waals surface area contributed by atoms with Crippen LogP contribution in [0.3, 0.4) is 0 Å². The Balaban J connectivity index is 2.09. The third kappa shape index (κ3) is 3.33. The Morgan fingerprint density at radius 1 is 1.53 bits per heavy atom. The van der Waals surface area contributed by atoms with Crippen LogP contribution in [0, 0.1) is 0 Å². The van der Waals surface area contributed by atoms with Gasteiger partial charge >= 0.3 is 0 Å². The zero-order chi connectivity index (χ0) is 13.7. The van der Waals surface area contributed by atoms with Crippen molar-refractivity contribution in [1.82, 2.24) is 19.7 Å². The molecule has 8 heteroatoms. The minimum Gasteiger partial charge on any atom is -0.383 e. The average molecular weight is 284 g/mol. The molecule has 2 rings (SSSR count). The molecule has 7 nitrogen and oxygen atoms in total. The molecule has 0 aliphatic heterocycles. The van der Waals surface area contributed by atoms with Gasteiger partial charge in [-0.1, -0.05) is 11.6 Å². The van der Waals surface area contributed by atoms with Gasteiger partial charge in [0.05, 0.1) is 43.6 Å². The fourth-order valence-corrected chi connectivity index (χ4v) is 1.71. The summed E-state index contributed by atoms with van der Waals surface area (Å²) in [5.74, 6) is 0. The number of hydrogen-bond donors (Lipinski definition) is 2. The van der Waals surface area contributed by atoms with E-state index < -0.39 is 0 Å². The second-order valence-corrected chi connectivity index (χ2v) is 4.20. The van der Waals surface area contributed by atoms with Crippen molar-refractivity contribution in [2.45, 2.75) is 13.1 Å². The predicted octanol–water partition coefficient (Wildman–Crippen LogP) is 0.878. The molecule has 0 atom stereocenters. The fraction of sp³-hybridized carbons (Fsp3) is 0.364. The van der Waals surface area contributed by atoms with Gasteiger partial charge in [-0.3, -0.25) is 4.79 Å². The summed E-state index contributed by atoms with van der Waals surface area (Å²) in [6, 6.07) is 0. The van der Waals surface area contributed by atoms with Gasteiger partial charge in [0.15, 0.2) is 0 Å². The number of halogens is 1. The lowest BCUT2D eigenvalue weighted by molar-refractivity contribution is 0.182. The molecule has 0 aliphatic rings. The second kappa shape index (κ2) is 6.35. The van der Waals surface area contributed by atoms with E-state index in [4.69, 9.17) is 16.3 Å². The Bertz CT molecular complexity index is 581. The molecule has 0 spiro atoms. The van der Waals surface area contributed by atoms with Gasteiger partial charge in [0.1, 0.15) is 5.02 Å². The normalized spacial score (nSPS) is 10.6. The van der Waals surface area contributed by atoms with Crippen molar-refractivity contribution in [1.29, 1.82) is 0 Å². The van der Waals surface area contributed by atoms with Gasteiger partial charge in [0.25, 0.3) is 5.56 Å². The topological polar surface area (TPSA) is 84.8 Å². The van der Waals surface area contributed by atoms with Crippen LogP contribution >= 0.6 is 11.6 Å². The Hall–Kier alpha value is -1.86. The third-order valence-electron chi connectivity index (χ3n) is 2.52. The zero-order valence-electron chi connectivity index (χ0n) is 10.4. The Morgan fingerprint density at radius 3 is 3.05 bits per heavy atom. The van der Waals surface area contributed by atoms with Gasteiger partial charge in [-0.2, -0.15) is 5.10 Å². The molecule has 2 aromatic rings. The summed E-state index contributed by atoms with van der Waals surface area (Å²) in [6.45, 7) is 1.27. The van der Waals surface area contributed by atoms with Gasteiger partial charge < -0.3 is 15.0 Å². The molecular formula is C11H14ClN5O2. The smallest absolute Gasteiger partial charge is 0.287 e. The molecular weight excluding hydrogens is 270 g/mol. The maximum absolute atomic E-state index is 11.9. The number of ether oxygens (including phenoxy) is 1. The summed E-state index contributed by atoms with van der Waals surface area (Å²) in [5, 5.41) is 7.17. The van der Waals surface area contributed by atoms with E-state index in [1.807, 2.05) is 0 Å². The van der Waals surface area contributed by atoms with Crippen LogP contribution < -0.4 is 10.9 Å². The summed E-state index contributed by atoms with van der Waals surface area (Å²) >= 11 is 6.01. The van der Waals surface area contributed by atoms with Crippen LogP contribution in [-0.2, 0) is 17.8 Å². The highest BCUT2D eigenvalue weighted by molar-refractivity contribution is 6.32. The predicted molar refractivity (Wildman–Crippen MR) is 71.3 cm³/mol. The molecule has 0 amide bonds. The number of nitrogens with one attached hydrogen (secondary N) is 2. The van der Waals surface area contributed by atoms with Crippen LogP contribution in [0.4, 0.5) is 5.69 Å². The molecule has 0 bridgehead atoms. The Kier molecular flexibility index (Phi) is 4.53. The Labute approximate surface area is 114 Å². The third-order valence-corrected chi connectivity index (χ3v) is 2.88. The van der Waals surface area contributed by atoms with Crippen LogP contribution in [0.1, 0.15) is 5.69 Å². The number of aromatic nitrogens is 4. The van der Waals surface area contributed by atoms with Crippen LogP contribution in [0.25, 0.3) is 0 Å². The van der Waals surface area contributed by atoms with Gasteiger partial charge in [0, 0.05) is 13.3 Å². The highest BCUT2D eigenvalue weighted by atomic mass is 35.5. The minimum atomic E-state index is -0.340. The number of H-pyrrole nitrogens is 1. The molecule has 0 fully saturated rings. The Morgan fingerprint density at radius 2 is 2.37 bits per heavy atom. The first-order valence-corrected chi connectivity index (χ1v) is 6.06. The molecule has 19 heavy (non-hydrogen) atoms. The lowest BCUT2D eigenvalue weighted by atomic mass is 10.4. The van der Waals surface area contributed by atoms with Crippen molar-refractivity contribution in [3.8, 4) is 0 Å². The molecule has 0 unspecified atom stereocenters. The summed E-state index contributed by atoms with van der Waals surface area (Å²) in [7, 11) is 1.56. The number of nitrogens with zero attached hydrogens (tertiary/aromatic N) is 3. The second-order valence-electron chi connectivity index (χ2n) is 3.82. The SMILES string of the molecule is COCCn1ncc(NCc2cnc[nH]2)c(Cl)c1=O. The van der Waals surface area contributed by atoms with E-state index in [-0.39, 0.29) is 10.6 Å². The number of imidazole rings is 1. The molecule has 2 aromatic heterocycles. The quantitative estimate of drug-likeness (QED) is 0.822. The van der Waals surface area contributed by atoms with Gasteiger partial charge in [0.2, 0.25) is 0 Å². The number of anilines is 1. The first-order valence-electron chi connectivity index (χ1n) is 5.68. The summed E-state index contributed by atoms with van der Waals surface area (Å²) in [4.78, 5) is 18.8. The number of rotatable bonds is 6. The molecule has 0 radical (unpaired) electrons. The van der Waals surface area contributed by atoms with Crippen LogP contribution in [0.5, 0.6) is 0 Å². The summed E-state index contributed by atoms with van der Waals surface area (Å²) in [5.41, 5.74) is 1.04. The maximum Gasteiger partial charge on any atom is 0.287 e. The van der Waals surface area contributed by atoms with Gasteiger partial charge in [-0.05, 0) is 0 Å². The highest BCUT2D eigenvalue weighted by Crippen LogP contribution is 2.15. The first kappa shape index (κ1) is 13.6. The highest BCUT2D eigenvalue weighted by Gasteiger charge is 2.09. The molecule has 0 aliphatic carbocycles. The molecule has 102 valence electrons. The largest absolute Gasteiger partial charge is 0.383 e. The standard InChI is InChI=1S/C11H14ClN5O2/c1-19-3-2-17-11(18)10(12)9(6-16-17)14-5-8-4-13-7-15-8/h4,6-7,14H,2-3,5H2,1H3,(H,13,15). The molecule has 0 saturated heterocycles. The lowest BCUT2D eigenvalue weighted by Crippen LogP contribution is -2.26. The van der Waals surface area contributed by atoms with E-state index in [1.165, 1.54) is 10.9 Å². The van der Waals surface area contributed by atoms with E-state index >= 15 is 0 Å². The minimum absolute atomic E-state index is 0.116. The molecule has 2 heterocycles. The van der Waals surface area contributed by atoms with Crippen molar-refractivity contribution in [3.05, 3.63) is 39.8 Å². The van der Waals surface area contributed by atoms with Crippen molar-refractivity contribution in [2.24, 2.45) is 0 Å². The van der Waals surface area contributed by atoms with E-state index in [9.17, 15) is 4.79 Å². The van der Waals surface area contributed by atoms with Crippen LogP contribution in [-0.4, -0.2) is 33.5 Å². The van der Waals surface area contributed by atoms with Crippen LogP contribution in [0.2, 0.25) is 5.02 Å². The maximum atomic E-state index is 11.9. The lowest BCUT2D eigenvalue weighted by Gasteiger charge is -2.09.